The summed E-state index contributed by atoms with van der Waals surface area (Å²) in [5.41, 5.74) is 4.05. The molecule has 1 aliphatic rings. The van der Waals surface area contributed by atoms with Crippen molar-refractivity contribution in [2.75, 3.05) is 6.54 Å². The van der Waals surface area contributed by atoms with Gasteiger partial charge in [-0.05, 0) is 42.9 Å². The Labute approximate surface area is 126 Å². The van der Waals surface area contributed by atoms with E-state index in [0.29, 0.717) is 0 Å². The van der Waals surface area contributed by atoms with E-state index in [1.807, 2.05) is 12.4 Å². The third-order valence-electron chi connectivity index (χ3n) is 4.36. The molecule has 2 aromatic rings. The van der Waals surface area contributed by atoms with Gasteiger partial charge in [0.1, 0.15) is 6.33 Å². The Balaban J connectivity index is 1.96. The zero-order valence-electron chi connectivity index (χ0n) is 12.6. The van der Waals surface area contributed by atoms with Crippen molar-refractivity contribution >= 4 is 0 Å². The molecule has 1 atom stereocenters. The van der Waals surface area contributed by atoms with Crippen molar-refractivity contribution in [1.29, 1.82) is 0 Å². The second kappa shape index (κ2) is 6.81. The van der Waals surface area contributed by atoms with Crippen molar-refractivity contribution < 1.29 is 0 Å². The van der Waals surface area contributed by atoms with Crippen molar-refractivity contribution in [3.05, 3.63) is 59.7 Å². The van der Waals surface area contributed by atoms with Crippen molar-refractivity contribution in [2.45, 2.75) is 44.6 Å². The number of hydrogen-bond donors (Lipinski definition) is 1. The molecular weight excluding hydrogens is 258 g/mol. The van der Waals surface area contributed by atoms with Crippen LogP contribution in [0.25, 0.3) is 0 Å². The molecule has 110 valence electrons. The largest absolute Gasteiger partial charge is 0.306 e. The first kappa shape index (κ1) is 14.2. The van der Waals surface area contributed by atoms with Gasteiger partial charge in [-0.25, -0.2) is 9.97 Å². The highest BCUT2D eigenvalue weighted by Crippen LogP contribution is 2.40. The van der Waals surface area contributed by atoms with E-state index in [9.17, 15) is 0 Å². The molecule has 21 heavy (non-hydrogen) atoms. The van der Waals surface area contributed by atoms with Gasteiger partial charge in [-0.15, -0.1) is 0 Å². The lowest BCUT2D eigenvalue weighted by atomic mass is 9.76. The number of nitrogens with zero attached hydrogens (tertiary/aromatic N) is 2. The molecule has 3 heteroatoms. The predicted octanol–water partition coefficient (Wildman–Crippen LogP) is 3.83. The van der Waals surface area contributed by atoms with E-state index >= 15 is 0 Å². The Morgan fingerprint density at radius 3 is 2.62 bits per heavy atom. The van der Waals surface area contributed by atoms with Crippen LogP contribution >= 0.6 is 0 Å². The van der Waals surface area contributed by atoms with E-state index in [2.05, 4.69) is 46.5 Å². The molecular formula is C18H23N3. The Hall–Kier alpha value is -1.74. The molecule has 0 amide bonds. The number of aromatic nitrogens is 2. The van der Waals surface area contributed by atoms with Crippen LogP contribution in [-0.2, 0) is 0 Å². The van der Waals surface area contributed by atoms with Crippen LogP contribution in [-0.4, -0.2) is 16.5 Å². The van der Waals surface area contributed by atoms with E-state index in [1.165, 1.54) is 30.4 Å². The summed E-state index contributed by atoms with van der Waals surface area (Å²) in [4.78, 5) is 8.39. The predicted molar refractivity (Wildman–Crippen MR) is 85.2 cm³/mol. The summed E-state index contributed by atoms with van der Waals surface area (Å²) in [6.07, 6.45) is 10.6. The Morgan fingerprint density at radius 1 is 1.19 bits per heavy atom. The van der Waals surface area contributed by atoms with Crippen LogP contribution in [0.5, 0.6) is 0 Å². The van der Waals surface area contributed by atoms with Gasteiger partial charge < -0.3 is 5.32 Å². The summed E-state index contributed by atoms with van der Waals surface area (Å²) in [5, 5.41) is 3.67. The summed E-state index contributed by atoms with van der Waals surface area (Å²) in [7, 11) is 0. The average Bonchev–Trinajstić information content (AvgIpc) is 2.48. The van der Waals surface area contributed by atoms with Crippen LogP contribution < -0.4 is 5.32 Å². The minimum atomic E-state index is 0.197. The quantitative estimate of drug-likeness (QED) is 0.874. The van der Waals surface area contributed by atoms with Gasteiger partial charge in [0.15, 0.2) is 0 Å². The zero-order chi connectivity index (χ0) is 14.5. The van der Waals surface area contributed by atoms with Crippen LogP contribution in [0.1, 0.15) is 61.3 Å². The summed E-state index contributed by atoms with van der Waals surface area (Å²) in [6, 6.07) is 9.05. The fourth-order valence-corrected chi connectivity index (χ4v) is 3.02. The average molecular weight is 281 g/mol. The number of rotatable bonds is 6. The lowest BCUT2D eigenvalue weighted by Crippen LogP contribution is -2.25. The molecule has 0 spiro atoms. The van der Waals surface area contributed by atoms with E-state index < -0.39 is 0 Å². The smallest absolute Gasteiger partial charge is 0.115 e. The Kier molecular flexibility index (Phi) is 4.61. The highest BCUT2D eigenvalue weighted by Gasteiger charge is 2.25. The van der Waals surface area contributed by atoms with Crippen molar-refractivity contribution in [1.82, 2.24) is 15.3 Å². The molecule has 1 aromatic carbocycles. The van der Waals surface area contributed by atoms with Gasteiger partial charge in [0.25, 0.3) is 0 Å². The molecule has 1 unspecified atom stereocenters. The summed E-state index contributed by atoms with van der Waals surface area (Å²) in [6.45, 7) is 3.20. The monoisotopic (exact) mass is 281 g/mol. The lowest BCUT2D eigenvalue weighted by Gasteiger charge is -2.31. The third kappa shape index (κ3) is 3.13. The van der Waals surface area contributed by atoms with E-state index in [4.69, 9.17) is 0 Å². The SMILES string of the molecule is CCCNC(c1cncnc1)c1ccccc1C1CCC1. The van der Waals surface area contributed by atoms with E-state index in [0.717, 1.165) is 24.4 Å². The Bertz CT molecular complexity index is 564. The first-order valence-corrected chi connectivity index (χ1v) is 7.97. The molecule has 3 nitrogen and oxygen atoms in total. The highest BCUT2D eigenvalue weighted by molar-refractivity contribution is 5.38. The second-order valence-electron chi connectivity index (χ2n) is 5.82. The van der Waals surface area contributed by atoms with Crippen molar-refractivity contribution in [2.24, 2.45) is 0 Å². The van der Waals surface area contributed by atoms with Crippen LogP contribution in [0.3, 0.4) is 0 Å². The maximum atomic E-state index is 4.20. The van der Waals surface area contributed by atoms with Gasteiger partial charge in [0.2, 0.25) is 0 Å². The number of benzene rings is 1. The topological polar surface area (TPSA) is 37.8 Å². The maximum absolute atomic E-state index is 4.20. The first-order valence-electron chi connectivity index (χ1n) is 7.97. The molecule has 0 radical (unpaired) electrons. The lowest BCUT2D eigenvalue weighted by molar-refractivity contribution is 0.414. The second-order valence-corrected chi connectivity index (χ2v) is 5.82. The number of nitrogens with one attached hydrogen (secondary N) is 1. The molecule has 0 aliphatic heterocycles. The van der Waals surface area contributed by atoms with Crippen molar-refractivity contribution in [3.63, 3.8) is 0 Å². The van der Waals surface area contributed by atoms with Crippen LogP contribution in [0, 0.1) is 0 Å². The van der Waals surface area contributed by atoms with Gasteiger partial charge >= 0.3 is 0 Å². The zero-order valence-corrected chi connectivity index (χ0v) is 12.6. The molecule has 0 saturated heterocycles. The summed E-state index contributed by atoms with van der Waals surface area (Å²) >= 11 is 0. The van der Waals surface area contributed by atoms with Gasteiger partial charge in [-0.1, -0.05) is 37.6 Å². The highest BCUT2D eigenvalue weighted by atomic mass is 14.9. The minimum absolute atomic E-state index is 0.197. The number of hydrogen-bond acceptors (Lipinski definition) is 3. The van der Waals surface area contributed by atoms with Gasteiger partial charge in [-0.3, -0.25) is 0 Å². The normalized spacial score (nSPS) is 16.4. The Morgan fingerprint density at radius 2 is 1.95 bits per heavy atom. The molecule has 1 heterocycles. The standard InChI is InChI=1S/C18H23N3/c1-2-10-21-18(15-11-19-13-20-12-15)17-9-4-3-8-16(17)14-6-5-7-14/h3-4,8-9,11-14,18,21H,2,5-7,10H2,1H3. The van der Waals surface area contributed by atoms with E-state index in [1.54, 1.807) is 6.33 Å². The summed E-state index contributed by atoms with van der Waals surface area (Å²) in [5.74, 6) is 0.733. The molecule has 1 fully saturated rings. The van der Waals surface area contributed by atoms with E-state index in [-0.39, 0.29) is 6.04 Å². The maximum Gasteiger partial charge on any atom is 0.115 e. The molecule has 1 aromatic heterocycles. The minimum Gasteiger partial charge on any atom is -0.306 e. The van der Waals surface area contributed by atoms with Gasteiger partial charge in [-0.2, -0.15) is 0 Å². The van der Waals surface area contributed by atoms with Crippen LogP contribution in [0.15, 0.2) is 43.0 Å². The molecule has 0 bridgehead atoms. The van der Waals surface area contributed by atoms with Crippen LogP contribution in [0.4, 0.5) is 0 Å². The van der Waals surface area contributed by atoms with Crippen LogP contribution in [0.2, 0.25) is 0 Å². The summed E-state index contributed by atoms with van der Waals surface area (Å²) < 4.78 is 0. The molecule has 1 aliphatic carbocycles. The molecule has 1 N–H and O–H groups in total. The van der Waals surface area contributed by atoms with Gasteiger partial charge in [0, 0.05) is 18.0 Å². The molecule has 1 saturated carbocycles. The first-order chi connectivity index (χ1) is 10.4. The van der Waals surface area contributed by atoms with Gasteiger partial charge in [0.05, 0.1) is 6.04 Å². The fraction of sp³-hybridized carbons (Fsp3) is 0.444. The van der Waals surface area contributed by atoms with Crippen molar-refractivity contribution in [3.8, 4) is 0 Å². The molecule has 3 rings (SSSR count). The fourth-order valence-electron chi connectivity index (χ4n) is 3.02. The third-order valence-corrected chi connectivity index (χ3v) is 4.36.